The van der Waals surface area contributed by atoms with Crippen LogP contribution >= 0.6 is 0 Å². The average Bonchev–Trinajstić information content (AvgIpc) is 2.58. The minimum atomic E-state index is -0.0528. The minimum absolute atomic E-state index is 0.00725. The first-order valence-electron chi connectivity index (χ1n) is 7.04. The van der Waals surface area contributed by atoms with E-state index in [0.29, 0.717) is 6.54 Å². The number of nitrogens with one attached hydrogen (secondary N) is 1. The smallest absolute Gasteiger partial charge is 0.224 e. The van der Waals surface area contributed by atoms with Gasteiger partial charge in [-0.05, 0) is 26.7 Å². The molecule has 2 unspecified atom stereocenters. The van der Waals surface area contributed by atoms with Gasteiger partial charge in [-0.25, -0.2) is 0 Å². The summed E-state index contributed by atoms with van der Waals surface area (Å²) in [6.45, 7) is 4.22. The number of aromatic nitrogens is 1. The zero-order chi connectivity index (χ0) is 13.8. The zero-order valence-corrected chi connectivity index (χ0v) is 11.7. The van der Waals surface area contributed by atoms with Crippen molar-refractivity contribution >= 4 is 5.91 Å². The summed E-state index contributed by atoms with van der Waals surface area (Å²) >= 11 is 0. The Morgan fingerprint density at radius 3 is 2.79 bits per heavy atom. The highest BCUT2D eigenvalue weighted by Crippen LogP contribution is 2.22. The number of nitrogens with zero attached hydrogens (tertiary/aromatic N) is 1. The van der Waals surface area contributed by atoms with E-state index in [2.05, 4.69) is 10.5 Å². The number of rotatable bonds is 3. The van der Waals surface area contributed by atoms with Crippen LogP contribution in [0.15, 0.2) is 4.52 Å². The average molecular weight is 265 g/mol. The summed E-state index contributed by atoms with van der Waals surface area (Å²) in [6, 6.07) is -0.00725. The van der Waals surface area contributed by atoms with Gasteiger partial charge in [-0.3, -0.25) is 4.79 Å². The third kappa shape index (κ3) is 3.35. The predicted octanol–water partition coefficient (Wildman–Crippen LogP) is 1.82. The Kier molecular flexibility index (Phi) is 4.58. The molecule has 1 aliphatic carbocycles. The molecule has 1 aromatic heterocycles. The van der Waals surface area contributed by atoms with Crippen molar-refractivity contribution in [2.45, 2.75) is 58.5 Å². The highest BCUT2D eigenvalue weighted by Gasteiger charge is 2.27. The fraction of sp³-hybridized carbons (Fsp3) is 0.714. The fourth-order valence-electron chi connectivity index (χ4n) is 2.72. The normalized spacial score (nSPS) is 23.9. The zero-order valence-electron chi connectivity index (χ0n) is 11.7. The molecule has 0 aliphatic heterocycles. The van der Waals surface area contributed by atoms with E-state index in [4.69, 9.17) is 10.3 Å². The number of carbonyl (C=O) groups is 1. The molecule has 19 heavy (non-hydrogen) atoms. The van der Waals surface area contributed by atoms with Crippen LogP contribution in [0.5, 0.6) is 0 Å². The lowest BCUT2D eigenvalue weighted by molar-refractivity contribution is -0.126. The van der Waals surface area contributed by atoms with Gasteiger partial charge in [-0.1, -0.05) is 24.4 Å². The Bertz CT molecular complexity index is 422. The lowest BCUT2D eigenvalue weighted by atomic mass is 9.94. The van der Waals surface area contributed by atoms with Gasteiger partial charge in [0.2, 0.25) is 5.91 Å². The maximum atomic E-state index is 12.2. The van der Waals surface area contributed by atoms with Gasteiger partial charge in [-0.2, -0.15) is 0 Å². The van der Waals surface area contributed by atoms with E-state index in [-0.39, 0.29) is 17.9 Å². The highest BCUT2D eigenvalue weighted by molar-refractivity contribution is 5.79. The van der Waals surface area contributed by atoms with Crippen molar-refractivity contribution in [3.05, 3.63) is 17.0 Å². The largest absolute Gasteiger partial charge is 0.361 e. The molecule has 0 spiro atoms. The Balaban J connectivity index is 1.93. The quantitative estimate of drug-likeness (QED) is 0.817. The maximum Gasteiger partial charge on any atom is 0.224 e. The van der Waals surface area contributed by atoms with Crippen LogP contribution in [-0.2, 0) is 11.3 Å². The SMILES string of the molecule is Cc1noc(C)c1CNC(=O)C1CCCCCC1N. The molecule has 1 saturated carbocycles. The van der Waals surface area contributed by atoms with Gasteiger partial charge >= 0.3 is 0 Å². The second kappa shape index (κ2) is 6.19. The van der Waals surface area contributed by atoms with Crippen LogP contribution in [0, 0.1) is 19.8 Å². The van der Waals surface area contributed by atoms with Gasteiger partial charge in [0.1, 0.15) is 5.76 Å². The predicted molar refractivity (Wildman–Crippen MR) is 72.4 cm³/mol. The van der Waals surface area contributed by atoms with Crippen LogP contribution in [0.4, 0.5) is 0 Å². The summed E-state index contributed by atoms with van der Waals surface area (Å²) in [7, 11) is 0. The van der Waals surface area contributed by atoms with E-state index in [0.717, 1.165) is 42.7 Å². The van der Waals surface area contributed by atoms with E-state index in [9.17, 15) is 4.79 Å². The van der Waals surface area contributed by atoms with Crippen molar-refractivity contribution in [3.63, 3.8) is 0 Å². The summed E-state index contributed by atoms with van der Waals surface area (Å²) < 4.78 is 5.09. The van der Waals surface area contributed by atoms with E-state index < -0.39 is 0 Å². The third-order valence-electron chi connectivity index (χ3n) is 4.03. The molecule has 1 aromatic rings. The lowest BCUT2D eigenvalue weighted by Gasteiger charge is -2.20. The molecule has 0 bridgehead atoms. The van der Waals surface area contributed by atoms with Crippen molar-refractivity contribution < 1.29 is 9.32 Å². The second-order valence-corrected chi connectivity index (χ2v) is 5.43. The molecule has 1 aliphatic rings. The van der Waals surface area contributed by atoms with Crippen LogP contribution in [0.2, 0.25) is 0 Å². The van der Waals surface area contributed by atoms with Crippen LogP contribution in [-0.4, -0.2) is 17.1 Å². The van der Waals surface area contributed by atoms with Gasteiger partial charge in [0.25, 0.3) is 0 Å². The van der Waals surface area contributed by atoms with Crippen LogP contribution < -0.4 is 11.1 Å². The van der Waals surface area contributed by atoms with E-state index >= 15 is 0 Å². The first-order chi connectivity index (χ1) is 9.09. The maximum absolute atomic E-state index is 12.2. The molecule has 0 aromatic carbocycles. The van der Waals surface area contributed by atoms with Gasteiger partial charge < -0.3 is 15.6 Å². The molecule has 1 heterocycles. The number of aryl methyl sites for hydroxylation is 2. The molecule has 0 radical (unpaired) electrons. The summed E-state index contributed by atoms with van der Waals surface area (Å²) in [5, 5.41) is 6.86. The number of nitrogens with two attached hydrogens (primary N) is 1. The van der Waals surface area contributed by atoms with Crippen LogP contribution in [0.3, 0.4) is 0 Å². The summed E-state index contributed by atoms with van der Waals surface area (Å²) in [6.07, 6.45) is 5.26. The topological polar surface area (TPSA) is 81.2 Å². The summed E-state index contributed by atoms with van der Waals surface area (Å²) in [5.74, 6) is 0.778. The molecule has 2 atom stereocenters. The monoisotopic (exact) mass is 265 g/mol. The van der Waals surface area contributed by atoms with Gasteiger partial charge in [0.05, 0.1) is 11.6 Å². The van der Waals surface area contributed by atoms with Crippen molar-refractivity contribution in [1.29, 1.82) is 0 Å². The van der Waals surface area contributed by atoms with Gasteiger partial charge in [-0.15, -0.1) is 0 Å². The van der Waals surface area contributed by atoms with Crippen molar-refractivity contribution in [2.75, 3.05) is 0 Å². The number of hydrogen-bond donors (Lipinski definition) is 2. The molecular formula is C14H23N3O2. The van der Waals surface area contributed by atoms with Gasteiger partial charge in [0, 0.05) is 18.2 Å². The van der Waals surface area contributed by atoms with Crippen LogP contribution in [0.1, 0.15) is 49.1 Å². The van der Waals surface area contributed by atoms with Crippen molar-refractivity contribution in [2.24, 2.45) is 11.7 Å². The number of carbonyl (C=O) groups excluding carboxylic acids is 1. The lowest BCUT2D eigenvalue weighted by Crippen LogP contribution is -2.41. The number of hydrogen-bond acceptors (Lipinski definition) is 4. The Hall–Kier alpha value is -1.36. The molecule has 5 heteroatoms. The molecule has 106 valence electrons. The van der Waals surface area contributed by atoms with Crippen molar-refractivity contribution in [3.8, 4) is 0 Å². The first kappa shape index (κ1) is 14.1. The van der Waals surface area contributed by atoms with Crippen molar-refractivity contribution in [1.82, 2.24) is 10.5 Å². The minimum Gasteiger partial charge on any atom is -0.361 e. The Morgan fingerprint density at radius 1 is 1.37 bits per heavy atom. The molecular weight excluding hydrogens is 242 g/mol. The Morgan fingerprint density at radius 2 is 2.11 bits per heavy atom. The molecule has 3 N–H and O–H groups in total. The molecule has 2 rings (SSSR count). The standard InChI is InChI=1S/C14H23N3O2/c1-9-12(10(2)19-17-9)8-16-14(18)11-6-4-3-5-7-13(11)15/h11,13H,3-8,15H2,1-2H3,(H,16,18). The van der Waals surface area contributed by atoms with E-state index in [1.807, 2.05) is 13.8 Å². The van der Waals surface area contributed by atoms with E-state index in [1.165, 1.54) is 6.42 Å². The molecule has 1 fully saturated rings. The summed E-state index contributed by atoms with van der Waals surface area (Å²) in [4.78, 5) is 12.2. The summed E-state index contributed by atoms with van der Waals surface area (Å²) in [5.41, 5.74) is 7.90. The molecule has 5 nitrogen and oxygen atoms in total. The van der Waals surface area contributed by atoms with E-state index in [1.54, 1.807) is 0 Å². The first-order valence-corrected chi connectivity index (χ1v) is 7.04. The Labute approximate surface area is 113 Å². The second-order valence-electron chi connectivity index (χ2n) is 5.43. The fourth-order valence-corrected chi connectivity index (χ4v) is 2.72. The molecule has 0 saturated heterocycles. The van der Waals surface area contributed by atoms with Gasteiger partial charge in [0.15, 0.2) is 0 Å². The third-order valence-corrected chi connectivity index (χ3v) is 4.03. The molecule has 1 amide bonds. The van der Waals surface area contributed by atoms with Crippen LogP contribution in [0.25, 0.3) is 0 Å². The number of amides is 1. The highest BCUT2D eigenvalue weighted by atomic mass is 16.5.